The number of pyridine rings is 1. The zero-order valence-electron chi connectivity index (χ0n) is 15.2. The molecule has 0 saturated heterocycles. The van der Waals surface area contributed by atoms with Crippen LogP contribution in [0.3, 0.4) is 0 Å². The molecule has 0 unspecified atom stereocenters. The van der Waals surface area contributed by atoms with Crippen molar-refractivity contribution in [2.75, 3.05) is 12.4 Å². The van der Waals surface area contributed by atoms with Gasteiger partial charge in [0, 0.05) is 23.9 Å². The van der Waals surface area contributed by atoms with E-state index in [-0.39, 0.29) is 5.56 Å². The van der Waals surface area contributed by atoms with Crippen LogP contribution in [-0.2, 0) is 7.05 Å². The highest BCUT2D eigenvalue weighted by Crippen LogP contribution is 2.27. The van der Waals surface area contributed by atoms with Gasteiger partial charge in [0.15, 0.2) is 0 Å². The Morgan fingerprint density at radius 3 is 2.57 bits per heavy atom. The molecule has 144 valence electrons. The summed E-state index contributed by atoms with van der Waals surface area (Å²) in [6.45, 7) is 0. The standard InChI is InChI=1S/C19H18BrN5O3/c1-25-11-12(20)10-15(25)19(27)24-23-18(26)13-6-5-9-21-17(13)22-14-7-3-4-8-16(14)28-2/h3-11H,1-2H3,(H,21,22)(H,23,26)(H,24,27). The van der Waals surface area contributed by atoms with Gasteiger partial charge in [-0.25, -0.2) is 4.98 Å². The van der Waals surface area contributed by atoms with Crippen LogP contribution in [0.4, 0.5) is 11.5 Å². The lowest BCUT2D eigenvalue weighted by Crippen LogP contribution is -2.42. The molecule has 1 aromatic carbocycles. The summed E-state index contributed by atoms with van der Waals surface area (Å²) in [4.78, 5) is 29.1. The highest BCUT2D eigenvalue weighted by Gasteiger charge is 2.16. The Balaban J connectivity index is 1.74. The number of aryl methyl sites for hydroxylation is 1. The number of benzene rings is 1. The number of carbonyl (C=O) groups excluding carboxylic acids is 2. The van der Waals surface area contributed by atoms with E-state index in [9.17, 15) is 9.59 Å². The van der Waals surface area contributed by atoms with Crippen molar-refractivity contribution < 1.29 is 14.3 Å². The van der Waals surface area contributed by atoms with E-state index in [4.69, 9.17) is 4.74 Å². The van der Waals surface area contributed by atoms with E-state index >= 15 is 0 Å². The van der Waals surface area contributed by atoms with Gasteiger partial charge in [0.25, 0.3) is 11.8 Å². The third-order valence-electron chi connectivity index (χ3n) is 3.91. The lowest BCUT2D eigenvalue weighted by molar-refractivity contribution is 0.0842. The van der Waals surface area contributed by atoms with Gasteiger partial charge in [-0.2, -0.15) is 0 Å². The van der Waals surface area contributed by atoms with Gasteiger partial charge in [-0.15, -0.1) is 0 Å². The smallest absolute Gasteiger partial charge is 0.286 e. The van der Waals surface area contributed by atoms with E-state index in [0.717, 1.165) is 4.47 Å². The molecule has 0 aliphatic heterocycles. The van der Waals surface area contributed by atoms with Crippen molar-refractivity contribution in [2.24, 2.45) is 7.05 Å². The van der Waals surface area contributed by atoms with Gasteiger partial charge in [-0.3, -0.25) is 20.4 Å². The van der Waals surface area contributed by atoms with Crippen LogP contribution in [0.5, 0.6) is 5.75 Å². The van der Waals surface area contributed by atoms with Crippen molar-refractivity contribution in [2.45, 2.75) is 0 Å². The Labute approximate surface area is 170 Å². The summed E-state index contributed by atoms with van der Waals surface area (Å²) < 4.78 is 7.71. The average molecular weight is 444 g/mol. The number of hydrogen-bond acceptors (Lipinski definition) is 5. The zero-order valence-corrected chi connectivity index (χ0v) is 16.8. The SMILES string of the molecule is COc1ccccc1Nc1ncccc1C(=O)NNC(=O)c1cc(Br)cn1C. The molecule has 3 rings (SSSR count). The molecule has 3 aromatic rings. The van der Waals surface area contributed by atoms with Gasteiger partial charge >= 0.3 is 0 Å². The lowest BCUT2D eigenvalue weighted by atomic mass is 10.2. The van der Waals surface area contributed by atoms with Gasteiger partial charge in [0.05, 0.1) is 18.4 Å². The highest BCUT2D eigenvalue weighted by molar-refractivity contribution is 9.10. The molecule has 0 radical (unpaired) electrons. The first-order chi connectivity index (χ1) is 13.5. The Kier molecular flexibility index (Phi) is 5.95. The van der Waals surface area contributed by atoms with Gasteiger partial charge in [0.1, 0.15) is 17.3 Å². The lowest BCUT2D eigenvalue weighted by Gasteiger charge is -2.14. The van der Waals surface area contributed by atoms with Crippen molar-refractivity contribution in [3.63, 3.8) is 0 Å². The summed E-state index contributed by atoms with van der Waals surface area (Å²) in [6, 6.07) is 12.2. The number of nitrogens with zero attached hydrogens (tertiary/aromatic N) is 2. The summed E-state index contributed by atoms with van der Waals surface area (Å²) in [6.07, 6.45) is 3.31. The van der Waals surface area contributed by atoms with Crippen LogP contribution in [0, 0.1) is 0 Å². The molecule has 0 fully saturated rings. The molecule has 0 atom stereocenters. The predicted octanol–water partition coefficient (Wildman–Crippen LogP) is 3.01. The third-order valence-corrected chi connectivity index (χ3v) is 4.34. The van der Waals surface area contributed by atoms with E-state index in [1.54, 1.807) is 55.4 Å². The van der Waals surface area contributed by atoms with Crippen molar-refractivity contribution >= 4 is 39.2 Å². The first-order valence-corrected chi connectivity index (χ1v) is 9.06. The van der Waals surface area contributed by atoms with E-state index in [0.29, 0.717) is 22.9 Å². The van der Waals surface area contributed by atoms with E-state index in [1.807, 2.05) is 18.2 Å². The molecule has 28 heavy (non-hydrogen) atoms. The Morgan fingerprint density at radius 1 is 1.11 bits per heavy atom. The van der Waals surface area contributed by atoms with E-state index in [1.165, 1.54) is 0 Å². The topological polar surface area (TPSA) is 97.3 Å². The minimum absolute atomic E-state index is 0.266. The van der Waals surface area contributed by atoms with Crippen LogP contribution < -0.4 is 20.9 Å². The van der Waals surface area contributed by atoms with Crippen LogP contribution in [0.15, 0.2) is 59.3 Å². The van der Waals surface area contributed by atoms with Crippen molar-refractivity contribution in [3.8, 4) is 5.75 Å². The van der Waals surface area contributed by atoms with Gasteiger partial charge < -0.3 is 14.6 Å². The number of methoxy groups -OCH3 is 1. The number of anilines is 2. The second-order valence-electron chi connectivity index (χ2n) is 5.79. The maximum Gasteiger partial charge on any atom is 0.286 e. The molecule has 2 aromatic heterocycles. The number of amides is 2. The molecule has 9 heteroatoms. The number of aromatic nitrogens is 2. The number of hydrogen-bond donors (Lipinski definition) is 3. The molecule has 0 spiro atoms. The van der Waals surface area contributed by atoms with Gasteiger partial charge in [-0.05, 0) is 46.3 Å². The largest absolute Gasteiger partial charge is 0.495 e. The summed E-state index contributed by atoms with van der Waals surface area (Å²) >= 11 is 3.31. The molecule has 3 N–H and O–H groups in total. The van der Waals surface area contributed by atoms with Crippen molar-refractivity contribution in [1.82, 2.24) is 20.4 Å². The molecule has 2 heterocycles. The zero-order chi connectivity index (χ0) is 20.1. The fraction of sp³-hybridized carbons (Fsp3) is 0.105. The van der Waals surface area contributed by atoms with Crippen molar-refractivity contribution in [3.05, 3.63) is 70.6 Å². The third kappa shape index (κ3) is 4.32. The summed E-state index contributed by atoms with van der Waals surface area (Å²) in [5.41, 5.74) is 6.14. The maximum atomic E-state index is 12.6. The molecule has 2 amide bonds. The number of ether oxygens (including phenoxy) is 1. The van der Waals surface area contributed by atoms with Crippen molar-refractivity contribution in [1.29, 1.82) is 0 Å². The maximum absolute atomic E-state index is 12.6. The number of halogens is 1. The Hall–Kier alpha value is -3.33. The average Bonchev–Trinajstić information content (AvgIpc) is 3.05. The minimum Gasteiger partial charge on any atom is -0.495 e. The predicted molar refractivity (Wildman–Crippen MR) is 109 cm³/mol. The first kappa shape index (κ1) is 19.4. The van der Waals surface area contributed by atoms with Gasteiger partial charge in [0.2, 0.25) is 0 Å². The van der Waals surface area contributed by atoms with Crippen LogP contribution in [0.25, 0.3) is 0 Å². The van der Waals surface area contributed by atoms with Crippen LogP contribution in [0.1, 0.15) is 20.8 Å². The molecule has 0 aliphatic rings. The summed E-state index contributed by atoms with van der Waals surface area (Å²) in [7, 11) is 3.29. The van der Waals surface area contributed by atoms with Gasteiger partial charge in [-0.1, -0.05) is 12.1 Å². The fourth-order valence-corrected chi connectivity index (χ4v) is 3.08. The van der Waals surface area contributed by atoms with Crippen LogP contribution in [-0.4, -0.2) is 28.5 Å². The Morgan fingerprint density at radius 2 is 1.86 bits per heavy atom. The number of para-hydroxylation sites is 2. The second-order valence-corrected chi connectivity index (χ2v) is 6.70. The molecule has 0 saturated carbocycles. The molecule has 0 bridgehead atoms. The highest BCUT2D eigenvalue weighted by atomic mass is 79.9. The number of nitrogens with one attached hydrogen (secondary N) is 3. The van der Waals surface area contributed by atoms with E-state index < -0.39 is 11.8 Å². The second kappa shape index (κ2) is 8.57. The van der Waals surface area contributed by atoms with Crippen LogP contribution >= 0.6 is 15.9 Å². The summed E-state index contributed by atoms with van der Waals surface area (Å²) in [5.74, 6) is -0.000685. The summed E-state index contributed by atoms with van der Waals surface area (Å²) in [5, 5.41) is 3.08. The Bertz CT molecular complexity index is 1020. The first-order valence-electron chi connectivity index (χ1n) is 8.27. The number of hydrazine groups is 1. The molecular weight excluding hydrogens is 426 g/mol. The molecule has 8 nitrogen and oxygen atoms in total. The molecular formula is C19H18BrN5O3. The normalized spacial score (nSPS) is 10.2. The quantitative estimate of drug-likeness (QED) is 0.526. The number of rotatable bonds is 5. The molecule has 0 aliphatic carbocycles. The monoisotopic (exact) mass is 443 g/mol. The number of carbonyl (C=O) groups is 2. The fourth-order valence-electron chi connectivity index (χ4n) is 2.56. The van der Waals surface area contributed by atoms with Crippen LogP contribution in [0.2, 0.25) is 0 Å². The minimum atomic E-state index is -0.507. The van der Waals surface area contributed by atoms with E-state index in [2.05, 4.69) is 37.1 Å².